The van der Waals surface area contributed by atoms with Crippen molar-refractivity contribution in [2.45, 2.75) is 44.4 Å². The summed E-state index contributed by atoms with van der Waals surface area (Å²) in [6, 6.07) is 8.96. The summed E-state index contributed by atoms with van der Waals surface area (Å²) in [5.74, 6) is 1.34. The van der Waals surface area contributed by atoms with E-state index in [0.29, 0.717) is 17.9 Å². The molecule has 17 heavy (non-hydrogen) atoms. The van der Waals surface area contributed by atoms with Crippen molar-refractivity contribution in [1.82, 2.24) is 0 Å². The van der Waals surface area contributed by atoms with Gasteiger partial charge in [0.2, 0.25) is 0 Å². The number of rotatable bonds is 3. The first kappa shape index (κ1) is 11.3. The van der Waals surface area contributed by atoms with Crippen molar-refractivity contribution in [1.29, 1.82) is 0 Å². The molecule has 1 aromatic rings. The average Bonchev–Trinajstić information content (AvgIpc) is 2.83. The third-order valence-electron chi connectivity index (χ3n) is 5.01. The summed E-state index contributed by atoms with van der Waals surface area (Å²) in [6.07, 6.45) is 6.71. The van der Waals surface area contributed by atoms with Crippen LogP contribution in [-0.4, -0.2) is 11.7 Å². The number of aliphatic hydroxyl groups excluding tert-OH is 1. The van der Waals surface area contributed by atoms with Crippen molar-refractivity contribution in [3.05, 3.63) is 35.4 Å². The average molecular weight is 230 g/mol. The Morgan fingerprint density at radius 1 is 1.29 bits per heavy atom. The summed E-state index contributed by atoms with van der Waals surface area (Å²) in [7, 11) is 0. The van der Waals surface area contributed by atoms with Crippen LogP contribution in [0.1, 0.15) is 43.2 Å². The Morgan fingerprint density at radius 2 is 2.06 bits per heavy atom. The minimum Gasteiger partial charge on any atom is -0.396 e. The summed E-state index contributed by atoms with van der Waals surface area (Å²) in [4.78, 5) is 0. The van der Waals surface area contributed by atoms with Gasteiger partial charge in [-0.1, -0.05) is 42.7 Å². The van der Waals surface area contributed by atoms with E-state index < -0.39 is 0 Å². The summed E-state index contributed by atoms with van der Waals surface area (Å²) in [5.41, 5.74) is 3.17. The molecule has 1 aromatic carbocycles. The molecule has 0 spiro atoms. The highest BCUT2D eigenvalue weighted by atomic mass is 16.3. The highest BCUT2D eigenvalue weighted by Gasteiger charge is 2.59. The van der Waals surface area contributed by atoms with Gasteiger partial charge < -0.3 is 5.11 Å². The zero-order valence-electron chi connectivity index (χ0n) is 10.7. The lowest BCUT2D eigenvalue weighted by Crippen LogP contribution is -2.22. The molecule has 0 radical (unpaired) electrons. The van der Waals surface area contributed by atoms with Crippen molar-refractivity contribution < 1.29 is 5.11 Å². The van der Waals surface area contributed by atoms with Gasteiger partial charge in [0.25, 0.3) is 0 Å². The molecular weight excluding hydrogens is 208 g/mol. The summed E-state index contributed by atoms with van der Waals surface area (Å²) in [5, 5.41) is 9.53. The molecular formula is C16H22O. The van der Waals surface area contributed by atoms with Crippen LogP contribution in [0.4, 0.5) is 0 Å². The van der Waals surface area contributed by atoms with E-state index >= 15 is 0 Å². The second-order valence-electron chi connectivity index (χ2n) is 5.97. The quantitative estimate of drug-likeness (QED) is 0.843. The van der Waals surface area contributed by atoms with Crippen LogP contribution >= 0.6 is 0 Å². The molecule has 1 heteroatoms. The lowest BCUT2D eigenvalue weighted by Gasteiger charge is -2.25. The molecule has 2 fully saturated rings. The maximum atomic E-state index is 9.53. The Balaban J connectivity index is 1.95. The largest absolute Gasteiger partial charge is 0.396 e. The Labute approximate surface area is 104 Å². The molecule has 0 amide bonds. The van der Waals surface area contributed by atoms with Gasteiger partial charge in [-0.2, -0.15) is 0 Å². The molecule has 0 bridgehead atoms. The maximum Gasteiger partial charge on any atom is 0.0468 e. The van der Waals surface area contributed by atoms with Gasteiger partial charge in [0, 0.05) is 12.0 Å². The van der Waals surface area contributed by atoms with Gasteiger partial charge in [-0.05, 0) is 43.6 Å². The molecule has 1 N–H and O–H groups in total. The summed E-state index contributed by atoms with van der Waals surface area (Å²) < 4.78 is 0. The Bertz CT molecular complexity index is 406. The number of hydrogen-bond donors (Lipinski definition) is 1. The van der Waals surface area contributed by atoms with Crippen molar-refractivity contribution in [2.75, 3.05) is 6.61 Å². The number of aryl methyl sites for hydroxylation is 1. The third-order valence-corrected chi connectivity index (χ3v) is 5.01. The van der Waals surface area contributed by atoms with Crippen LogP contribution in [-0.2, 0) is 5.41 Å². The minimum atomic E-state index is 0.331. The molecule has 2 saturated carbocycles. The molecule has 92 valence electrons. The van der Waals surface area contributed by atoms with Crippen molar-refractivity contribution >= 4 is 0 Å². The first-order valence-electron chi connectivity index (χ1n) is 6.95. The number of aliphatic hydroxyl groups is 1. The van der Waals surface area contributed by atoms with Crippen molar-refractivity contribution in [2.24, 2.45) is 11.8 Å². The van der Waals surface area contributed by atoms with Gasteiger partial charge in [0.05, 0.1) is 0 Å². The fourth-order valence-corrected chi connectivity index (χ4v) is 4.04. The lowest BCUT2D eigenvalue weighted by molar-refractivity contribution is 0.246. The van der Waals surface area contributed by atoms with Crippen LogP contribution in [0.3, 0.4) is 0 Å². The second kappa shape index (κ2) is 4.13. The SMILES string of the molecule is Cc1cccc(C2(C3CCCC3)CC2CO)c1. The normalized spacial score (nSPS) is 32.9. The molecule has 0 aromatic heterocycles. The van der Waals surface area contributed by atoms with Gasteiger partial charge in [-0.15, -0.1) is 0 Å². The van der Waals surface area contributed by atoms with E-state index in [4.69, 9.17) is 0 Å². The monoisotopic (exact) mass is 230 g/mol. The minimum absolute atomic E-state index is 0.331. The zero-order chi connectivity index (χ0) is 11.9. The highest BCUT2D eigenvalue weighted by molar-refractivity contribution is 5.37. The molecule has 2 atom stereocenters. The number of hydrogen-bond acceptors (Lipinski definition) is 1. The number of benzene rings is 1. The van der Waals surface area contributed by atoms with Crippen molar-refractivity contribution in [3.8, 4) is 0 Å². The fourth-order valence-electron chi connectivity index (χ4n) is 4.04. The van der Waals surface area contributed by atoms with E-state index in [9.17, 15) is 5.11 Å². The van der Waals surface area contributed by atoms with Crippen LogP contribution in [0.25, 0.3) is 0 Å². The molecule has 2 unspecified atom stereocenters. The van der Waals surface area contributed by atoms with E-state index in [1.54, 1.807) is 0 Å². The van der Waals surface area contributed by atoms with Gasteiger partial charge in [0.1, 0.15) is 0 Å². The molecule has 0 saturated heterocycles. The Morgan fingerprint density at radius 3 is 2.65 bits per heavy atom. The predicted molar refractivity (Wildman–Crippen MR) is 70.0 cm³/mol. The molecule has 0 aliphatic heterocycles. The highest BCUT2D eigenvalue weighted by Crippen LogP contribution is 2.62. The molecule has 2 aliphatic carbocycles. The van der Waals surface area contributed by atoms with E-state index in [1.165, 1.54) is 43.2 Å². The van der Waals surface area contributed by atoms with Crippen LogP contribution in [0.5, 0.6) is 0 Å². The first-order chi connectivity index (χ1) is 8.27. The first-order valence-corrected chi connectivity index (χ1v) is 6.95. The van der Waals surface area contributed by atoms with Crippen LogP contribution in [0, 0.1) is 18.8 Å². The van der Waals surface area contributed by atoms with Gasteiger partial charge >= 0.3 is 0 Å². The third kappa shape index (κ3) is 1.72. The van der Waals surface area contributed by atoms with Gasteiger partial charge in [-0.25, -0.2) is 0 Å². The van der Waals surface area contributed by atoms with E-state index in [2.05, 4.69) is 31.2 Å². The van der Waals surface area contributed by atoms with Gasteiger partial charge in [0.15, 0.2) is 0 Å². The summed E-state index contributed by atoms with van der Waals surface area (Å²) >= 11 is 0. The fraction of sp³-hybridized carbons (Fsp3) is 0.625. The lowest BCUT2D eigenvalue weighted by atomic mass is 9.79. The Hall–Kier alpha value is -0.820. The van der Waals surface area contributed by atoms with Crippen molar-refractivity contribution in [3.63, 3.8) is 0 Å². The standard InChI is InChI=1S/C16H22O/c1-12-5-4-8-14(9-12)16(10-15(16)11-17)13-6-2-3-7-13/h4-5,8-9,13,15,17H,2-3,6-7,10-11H2,1H3. The smallest absolute Gasteiger partial charge is 0.0468 e. The van der Waals surface area contributed by atoms with Crippen LogP contribution in [0.2, 0.25) is 0 Å². The molecule has 3 rings (SSSR count). The molecule has 2 aliphatic rings. The zero-order valence-corrected chi connectivity index (χ0v) is 10.7. The van der Waals surface area contributed by atoms with E-state index in [-0.39, 0.29) is 0 Å². The van der Waals surface area contributed by atoms with E-state index in [0.717, 1.165) is 5.92 Å². The van der Waals surface area contributed by atoms with Crippen LogP contribution < -0.4 is 0 Å². The molecule has 0 heterocycles. The maximum absolute atomic E-state index is 9.53. The van der Waals surface area contributed by atoms with Crippen LogP contribution in [0.15, 0.2) is 24.3 Å². The predicted octanol–water partition coefficient (Wildman–Crippen LogP) is 3.44. The topological polar surface area (TPSA) is 20.2 Å². The van der Waals surface area contributed by atoms with Gasteiger partial charge in [-0.3, -0.25) is 0 Å². The summed E-state index contributed by atoms with van der Waals surface area (Å²) in [6.45, 7) is 2.53. The Kier molecular flexibility index (Phi) is 2.74. The van der Waals surface area contributed by atoms with E-state index in [1.807, 2.05) is 0 Å². The second-order valence-corrected chi connectivity index (χ2v) is 5.97. The molecule has 1 nitrogen and oxygen atoms in total.